The Morgan fingerprint density at radius 2 is 1.46 bits per heavy atom. The van der Waals surface area contributed by atoms with Crippen molar-refractivity contribution in [3.63, 3.8) is 0 Å². The third-order valence-corrected chi connectivity index (χ3v) is 4.85. The summed E-state index contributed by atoms with van der Waals surface area (Å²) in [6.07, 6.45) is -4.34. The van der Waals surface area contributed by atoms with Crippen LogP contribution < -0.4 is 5.32 Å². The van der Waals surface area contributed by atoms with Crippen molar-refractivity contribution in [2.45, 2.75) is 19.3 Å². The minimum Gasteiger partial charge on any atom is -0.351 e. The normalized spacial score (nSPS) is 16.1. The lowest BCUT2D eigenvalue weighted by Gasteiger charge is -2.34. The summed E-state index contributed by atoms with van der Waals surface area (Å²) in [6.45, 7) is 4.89. The summed E-state index contributed by atoms with van der Waals surface area (Å²) in [4.78, 5) is 16.6. The number of piperazine rings is 1. The fourth-order valence-corrected chi connectivity index (χ4v) is 3.22. The molecule has 0 spiro atoms. The van der Waals surface area contributed by atoms with Gasteiger partial charge in [-0.25, -0.2) is 0 Å². The van der Waals surface area contributed by atoms with Crippen molar-refractivity contribution in [2.75, 3.05) is 32.7 Å². The second kappa shape index (κ2) is 9.21. The molecule has 3 rings (SSSR count). The number of rotatable bonds is 6. The minimum absolute atomic E-state index is 0.114. The Labute approximate surface area is 162 Å². The summed E-state index contributed by atoms with van der Waals surface area (Å²) in [5.41, 5.74) is 1.25. The van der Waals surface area contributed by atoms with E-state index in [2.05, 4.69) is 27.2 Å². The van der Waals surface area contributed by atoms with E-state index in [1.807, 2.05) is 18.2 Å². The lowest BCUT2D eigenvalue weighted by molar-refractivity contribution is -0.137. The number of benzene rings is 2. The topological polar surface area (TPSA) is 35.6 Å². The van der Waals surface area contributed by atoms with Crippen molar-refractivity contribution in [3.05, 3.63) is 71.3 Å². The van der Waals surface area contributed by atoms with Crippen LogP contribution in [0.1, 0.15) is 16.7 Å². The molecule has 1 N–H and O–H groups in total. The van der Waals surface area contributed by atoms with Crippen molar-refractivity contribution in [3.8, 4) is 0 Å². The predicted octanol–water partition coefficient (Wildman–Crippen LogP) is 3.14. The molecule has 1 heterocycles. The first-order chi connectivity index (χ1) is 13.4. The van der Waals surface area contributed by atoms with Crippen molar-refractivity contribution >= 4 is 5.91 Å². The van der Waals surface area contributed by atoms with Crippen molar-refractivity contribution in [1.82, 2.24) is 15.1 Å². The Balaban J connectivity index is 1.37. The highest BCUT2D eigenvalue weighted by Crippen LogP contribution is 2.29. The maximum Gasteiger partial charge on any atom is 0.416 e. The Kier molecular flexibility index (Phi) is 6.70. The molecule has 2 aromatic carbocycles. The molecule has 0 unspecified atom stereocenters. The van der Waals surface area contributed by atoms with Crippen molar-refractivity contribution < 1.29 is 18.0 Å². The van der Waals surface area contributed by atoms with E-state index in [0.29, 0.717) is 12.1 Å². The fourth-order valence-electron chi connectivity index (χ4n) is 3.22. The Bertz CT molecular complexity index is 755. The Morgan fingerprint density at radius 1 is 0.857 bits per heavy atom. The number of carbonyl (C=O) groups excluding carboxylic acids is 1. The molecule has 1 fully saturated rings. The van der Waals surface area contributed by atoms with Crippen molar-refractivity contribution in [1.29, 1.82) is 0 Å². The number of hydrogen-bond donors (Lipinski definition) is 1. The highest BCUT2D eigenvalue weighted by atomic mass is 19.4. The van der Waals surface area contributed by atoms with E-state index in [-0.39, 0.29) is 12.5 Å². The highest BCUT2D eigenvalue weighted by molar-refractivity contribution is 5.78. The zero-order valence-electron chi connectivity index (χ0n) is 15.6. The van der Waals surface area contributed by atoms with Crippen LogP contribution in [0.15, 0.2) is 54.6 Å². The van der Waals surface area contributed by atoms with Gasteiger partial charge in [0.2, 0.25) is 5.91 Å². The fraction of sp³-hybridized carbons (Fsp3) is 0.381. The zero-order valence-corrected chi connectivity index (χ0v) is 15.6. The van der Waals surface area contributed by atoms with Crippen LogP contribution in [-0.4, -0.2) is 48.4 Å². The molecule has 1 saturated heterocycles. The largest absolute Gasteiger partial charge is 0.416 e. The van der Waals surface area contributed by atoms with Crippen LogP contribution in [-0.2, 0) is 24.1 Å². The number of halogens is 3. The first-order valence-corrected chi connectivity index (χ1v) is 9.31. The molecule has 28 heavy (non-hydrogen) atoms. The van der Waals surface area contributed by atoms with Crippen LogP contribution in [0.3, 0.4) is 0 Å². The van der Waals surface area contributed by atoms with Crippen LogP contribution in [0, 0.1) is 0 Å². The summed E-state index contributed by atoms with van der Waals surface area (Å²) in [5, 5.41) is 2.78. The average molecular weight is 391 g/mol. The summed E-state index contributed by atoms with van der Waals surface area (Å²) in [5.74, 6) is -0.114. The molecule has 2 aromatic rings. The van der Waals surface area contributed by atoms with Crippen LogP contribution >= 0.6 is 0 Å². The molecule has 0 saturated carbocycles. The number of carbonyl (C=O) groups is 1. The zero-order chi connectivity index (χ0) is 20.0. The monoisotopic (exact) mass is 391 g/mol. The van der Waals surface area contributed by atoms with Gasteiger partial charge in [0.05, 0.1) is 12.1 Å². The second-order valence-corrected chi connectivity index (χ2v) is 7.01. The number of hydrogen-bond acceptors (Lipinski definition) is 3. The van der Waals surface area contributed by atoms with Gasteiger partial charge in [0.15, 0.2) is 0 Å². The number of amides is 1. The van der Waals surface area contributed by atoms with Crippen molar-refractivity contribution in [2.24, 2.45) is 0 Å². The summed E-state index contributed by atoms with van der Waals surface area (Å²) < 4.78 is 37.7. The van der Waals surface area contributed by atoms with Gasteiger partial charge in [-0.3, -0.25) is 14.6 Å². The molecule has 0 bridgehead atoms. The molecule has 0 aliphatic carbocycles. The molecule has 0 radical (unpaired) electrons. The van der Waals surface area contributed by atoms with Crippen LogP contribution in [0.4, 0.5) is 13.2 Å². The van der Waals surface area contributed by atoms with Gasteiger partial charge in [0, 0.05) is 39.3 Å². The minimum atomic E-state index is -4.34. The Morgan fingerprint density at radius 3 is 2.07 bits per heavy atom. The number of nitrogens with zero attached hydrogens (tertiary/aromatic N) is 2. The molecule has 1 amide bonds. The van der Waals surface area contributed by atoms with Crippen LogP contribution in [0.25, 0.3) is 0 Å². The highest BCUT2D eigenvalue weighted by Gasteiger charge is 2.29. The Hall–Kier alpha value is -2.38. The molecule has 0 aromatic heterocycles. The van der Waals surface area contributed by atoms with Gasteiger partial charge in [-0.2, -0.15) is 13.2 Å². The molecule has 1 aliphatic rings. The summed E-state index contributed by atoms with van der Waals surface area (Å²) in [7, 11) is 0. The van der Waals surface area contributed by atoms with E-state index < -0.39 is 11.7 Å². The van der Waals surface area contributed by atoms with E-state index in [4.69, 9.17) is 0 Å². The lowest BCUT2D eigenvalue weighted by atomic mass is 10.1. The SMILES string of the molecule is O=C(CN1CCN(Cc2ccccc2)CC1)NCc1ccc(C(F)(F)F)cc1. The van der Waals surface area contributed by atoms with Gasteiger partial charge in [0.1, 0.15) is 0 Å². The second-order valence-electron chi connectivity index (χ2n) is 7.01. The van der Waals surface area contributed by atoms with Gasteiger partial charge >= 0.3 is 6.18 Å². The number of nitrogens with one attached hydrogen (secondary N) is 1. The number of alkyl halides is 3. The van der Waals surface area contributed by atoms with Crippen LogP contribution in [0.2, 0.25) is 0 Å². The van der Waals surface area contributed by atoms with E-state index in [1.54, 1.807) is 0 Å². The van der Waals surface area contributed by atoms with Gasteiger partial charge in [-0.15, -0.1) is 0 Å². The molecule has 0 atom stereocenters. The molecule has 1 aliphatic heterocycles. The standard InChI is InChI=1S/C21H24F3N3O/c22-21(23,24)19-8-6-17(7-9-19)14-25-20(28)16-27-12-10-26(11-13-27)15-18-4-2-1-3-5-18/h1-9H,10-16H2,(H,25,28). The summed E-state index contributed by atoms with van der Waals surface area (Å²) in [6, 6.07) is 15.2. The molecule has 4 nitrogen and oxygen atoms in total. The maximum atomic E-state index is 12.6. The summed E-state index contributed by atoms with van der Waals surface area (Å²) >= 11 is 0. The molecule has 7 heteroatoms. The van der Waals surface area contributed by atoms with E-state index in [9.17, 15) is 18.0 Å². The van der Waals surface area contributed by atoms with Gasteiger partial charge in [-0.1, -0.05) is 42.5 Å². The first-order valence-electron chi connectivity index (χ1n) is 9.31. The van der Waals surface area contributed by atoms with Crippen LogP contribution in [0.5, 0.6) is 0 Å². The molecule has 150 valence electrons. The smallest absolute Gasteiger partial charge is 0.351 e. The quantitative estimate of drug-likeness (QED) is 0.822. The van der Waals surface area contributed by atoms with Gasteiger partial charge in [-0.05, 0) is 23.3 Å². The first kappa shape index (κ1) is 20.4. The predicted molar refractivity (Wildman–Crippen MR) is 101 cm³/mol. The third-order valence-electron chi connectivity index (χ3n) is 4.85. The molecular formula is C21H24F3N3O. The van der Waals surface area contributed by atoms with Gasteiger partial charge in [0.25, 0.3) is 0 Å². The lowest BCUT2D eigenvalue weighted by Crippen LogP contribution is -2.49. The maximum absolute atomic E-state index is 12.6. The average Bonchev–Trinajstić information content (AvgIpc) is 2.68. The van der Waals surface area contributed by atoms with E-state index in [1.165, 1.54) is 17.7 Å². The molecular weight excluding hydrogens is 367 g/mol. The van der Waals surface area contributed by atoms with Gasteiger partial charge < -0.3 is 5.32 Å². The third kappa shape index (κ3) is 6.07. The van der Waals surface area contributed by atoms with E-state index in [0.717, 1.165) is 44.9 Å². The van der Waals surface area contributed by atoms with E-state index >= 15 is 0 Å².